The largest absolute Gasteiger partial charge is 0.467 e. The molecule has 0 aliphatic rings. The van der Waals surface area contributed by atoms with Crippen LogP contribution in [0.1, 0.15) is 5.76 Å². The molecule has 3 aromatic rings. The number of carbonyl (C=O) groups excluding carboxylic acids is 1. The number of thioether (sulfide) groups is 1. The molecule has 7 nitrogen and oxygen atoms in total. The number of aromatic nitrogens is 4. The zero-order valence-corrected chi connectivity index (χ0v) is 13.3. The third-order valence-corrected chi connectivity index (χ3v) is 4.17. The molecule has 118 valence electrons. The zero-order chi connectivity index (χ0) is 16.1. The van der Waals surface area contributed by atoms with Gasteiger partial charge in [-0.1, -0.05) is 11.8 Å². The number of nitrogens with one attached hydrogen (secondary N) is 1. The maximum absolute atomic E-state index is 11.9. The van der Waals surface area contributed by atoms with Crippen molar-refractivity contribution in [2.24, 2.45) is 7.05 Å². The molecule has 0 aliphatic heterocycles. The first-order valence-corrected chi connectivity index (χ1v) is 7.94. The fraction of sp³-hybridized carbons (Fsp3) is 0.200. The lowest BCUT2D eigenvalue weighted by molar-refractivity contribution is -0.118. The second-order valence-corrected chi connectivity index (χ2v) is 5.69. The molecule has 0 aliphatic carbocycles. The summed E-state index contributed by atoms with van der Waals surface area (Å²) in [6.07, 6.45) is 4.99. The van der Waals surface area contributed by atoms with E-state index in [1.54, 1.807) is 24.7 Å². The lowest BCUT2D eigenvalue weighted by Crippen LogP contribution is -2.24. The number of carbonyl (C=O) groups is 1. The van der Waals surface area contributed by atoms with Gasteiger partial charge in [-0.2, -0.15) is 0 Å². The van der Waals surface area contributed by atoms with Gasteiger partial charge in [0.1, 0.15) is 5.76 Å². The Morgan fingerprint density at radius 2 is 2.13 bits per heavy atom. The highest BCUT2D eigenvalue weighted by molar-refractivity contribution is 7.99. The van der Waals surface area contributed by atoms with Gasteiger partial charge in [0.05, 0.1) is 18.6 Å². The van der Waals surface area contributed by atoms with Gasteiger partial charge >= 0.3 is 0 Å². The van der Waals surface area contributed by atoms with Crippen LogP contribution in [0.5, 0.6) is 0 Å². The number of rotatable bonds is 6. The van der Waals surface area contributed by atoms with E-state index in [1.807, 2.05) is 29.8 Å². The van der Waals surface area contributed by atoms with Gasteiger partial charge in [0.25, 0.3) is 0 Å². The van der Waals surface area contributed by atoms with Crippen molar-refractivity contribution in [1.82, 2.24) is 25.1 Å². The Hall–Kier alpha value is -2.61. The molecular weight excluding hydrogens is 314 g/mol. The number of nitrogens with zero attached hydrogens (tertiary/aromatic N) is 4. The first-order chi connectivity index (χ1) is 11.2. The molecule has 0 unspecified atom stereocenters. The fourth-order valence-corrected chi connectivity index (χ4v) is 2.71. The summed E-state index contributed by atoms with van der Waals surface area (Å²) in [6, 6.07) is 7.34. The Kier molecular flexibility index (Phi) is 4.72. The molecule has 0 atom stereocenters. The normalized spacial score (nSPS) is 10.7. The Labute approximate surface area is 137 Å². The van der Waals surface area contributed by atoms with Gasteiger partial charge in [-0.05, 0) is 24.3 Å². The lowest BCUT2D eigenvalue weighted by atomic mass is 10.2. The van der Waals surface area contributed by atoms with Crippen molar-refractivity contribution < 1.29 is 9.21 Å². The summed E-state index contributed by atoms with van der Waals surface area (Å²) in [4.78, 5) is 15.8. The lowest BCUT2D eigenvalue weighted by Gasteiger charge is -2.04. The van der Waals surface area contributed by atoms with Crippen molar-refractivity contribution in [3.05, 3.63) is 48.7 Å². The van der Waals surface area contributed by atoms with Crippen molar-refractivity contribution in [2.75, 3.05) is 5.75 Å². The quantitative estimate of drug-likeness (QED) is 0.695. The molecule has 0 fully saturated rings. The van der Waals surface area contributed by atoms with E-state index in [0.717, 1.165) is 17.1 Å². The molecule has 0 saturated heterocycles. The van der Waals surface area contributed by atoms with E-state index >= 15 is 0 Å². The Morgan fingerprint density at radius 3 is 2.87 bits per heavy atom. The topological polar surface area (TPSA) is 85.8 Å². The average Bonchev–Trinajstić information content (AvgIpc) is 3.22. The van der Waals surface area contributed by atoms with Gasteiger partial charge in [0, 0.05) is 25.0 Å². The molecule has 3 aromatic heterocycles. The number of amides is 1. The minimum atomic E-state index is -0.0835. The average molecular weight is 329 g/mol. The van der Waals surface area contributed by atoms with Gasteiger partial charge in [-0.25, -0.2) is 0 Å². The van der Waals surface area contributed by atoms with Crippen molar-refractivity contribution in [3.8, 4) is 11.4 Å². The summed E-state index contributed by atoms with van der Waals surface area (Å²) in [6.45, 7) is 0.382. The van der Waals surface area contributed by atoms with Crippen molar-refractivity contribution in [1.29, 1.82) is 0 Å². The van der Waals surface area contributed by atoms with Crippen molar-refractivity contribution in [2.45, 2.75) is 11.7 Å². The molecule has 0 spiro atoms. The van der Waals surface area contributed by atoms with E-state index in [9.17, 15) is 4.79 Å². The molecule has 3 heterocycles. The van der Waals surface area contributed by atoms with Gasteiger partial charge in [-0.15, -0.1) is 10.2 Å². The van der Waals surface area contributed by atoms with Crippen LogP contribution in [0, 0.1) is 0 Å². The van der Waals surface area contributed by atoms with Crippen LogP contribution >= 0.6 is 11.8 Å². The third kappa shape index (κ3) is 3.78. The minimum absolute atomic E-state index is 0.0835. The first kappa shape index (κ1) is 15.3. The molecule has 0 radical (unpaired) electrons. The standard InChI is InChI=1S/C15H15N5O2S/c1-20-14(11-4-6-16-7-5-11)18-19-15(20)23-10-13(21)17-9-12-3-2-8-22-12/h2-8H,9-10H2,1H3,(H,17,21). The summed E-state index contributed by atoms with van der Waals surface area (Å²) < 4.78 is 7.03. The van der Waals surface area contributed by atoms with Crippen LogP contribution in [0.4, 0.5) is 0 Å². The number of hydrogen-bond donors (Lipinski definition) is 1. The Bertz CT molecular complexity index is 771. The molecule has 3 rings (SSSR count). The second kappa shape index (κ2) is 7.10. The van der Waals surface area contributed by atoms with E-state index in [-0.39, 0.29) is 11.7 Å². The van der Waals surface area contributed by atoms with Crippen molar-refractivity contribution >= 4 is 17.7 Å². The van der Waals surface area contributed by atoms with Gasteiger partial charge in [-0.3, -0.25) is 9.78 Å². The van der Waals surface area contributed by atoms with Crippen LogP contribution in [0.15, 0.2) is 52.5 Å². The smallest absolute Gasteiger partial charge is 0.230 e. The van der Waals surface area contributed by atoms with Gasteiger partial charge < -0.3 is 14.3 Å². The summed E-state index contributed by atoms with van der Waals surface area (Å²) in [5.41, 5.74) is 0.934. The molecule has 0 aromatic carbocycles. The van der Waals surface area contributed by atoms with E-state index in [2.05, 4.69) is 20.5 Å². The maximum Gasteiger partial charge on any atom is 0.230 e. The highest BCUT2D eigenvalue weighted by Gasteiger charge is 2.12. The second-order valence-electron chi connectivity index (χ2n) is 4.75. The molecule has 1 N–H and O–H groups in total. The molecule has 23 heavy (non-hydrogen) atoms. The summed E-state index contributed by atoms with van der Waals surface area (Å²) in [5, 5.41) is 11.8. The van der Waals surface area contributed by atoms with Crippen LogP contribution in [-0.2, 0) is 18.4 Å². The van der Waals surface area contributed by atoms with Gasteiger partial charge in [0.15, 0.2) is 11.0 Å². The fourth-order valence-electron chi connectivity index (χ4n) is 1.97. The molecule has 0 bridgehead atoms. The Morgan fingerprint density at radius 1 is 1.30 bits per heavy atom. The monoisotopic (exact) mass is 329 g/mol. The van der Waals surface area contributed by atoms with Crippen LogP contribution < -0.4 is 5.32 Å². The Balaban J connectivity index is 1.56. The van der Waals surface area contributed by atoms with E-state index in [1.165, 1.54) is 11.8 Å². The van der Waals surface area contributed by atoms with E-state index in [0.29, 0.717) is 11.7 Å². The minimum Gasteiger partial charge on any atom is -0.467 e. The van der Waals surface area contributed by atoms with Crippen LogP contribution in [-0.4, -0.2) is 31.4 Å². The molecule has 1 amide bonds. The maximum atomic E-state index is 11.9. The van der Waals surface area contributed by atoms with E-state index < -0.39 is 0 Å². The predicted molar refractivity (Wildman–Crippen MR) is 85.5 cm³/mol. The number of hydrogen-bond acceptors (Lipinski definition) is 6. The summed E-state index contributed by atoms with van der Waals surface area (Å²) >= 11 is 1.34. The SMILES string of the molecule is Cn1c(SCC(=O)NCc2ccco2)nnc1-c1ccncc1. The third-order valence-electron chi connectivity index (χ3n) is 3.15. The summed E-state index contributed by atoms with van der Waals surface area (Å²) in [5.74, 6) is 1.65. The highest BCUT2D eigenvalue weighted by atomic mass is 32.2. The zero-order valence-electron chi connectivity index (χ0n) is 12.5. The molecular formula is C15H15N5O2S. The van der Waals surface area contributed by atoms with Crippen LogP contribution in [0.25, 0.3) is 11.4 Å². The molecule has 0 saturated carbocycles. The van der Waals surface area contributed by atoms with Crippen LogP contribution in [0.3, 0.4) is 0 Å². The van der Waals surface area contributed by atoms with Crippen LogP contribution in [0.2, 0.25) is 0 Å². The number of furan rings is 1. The van der Waals surface area contributed by atoms with Crippen molar-refractivity contribution in [3.63, 3.8) is 0 Å². The highest BCUT2D eigenvalue weighted by Crippen LogP contribution is 2.21. The van der Waals surface area contributed by atoms with E-state index in [4.69, 9.17) is 4.42 Å². The number of pyridine rings is 1. The predicted octanol–water partition coefficient (Wildman–Crippen LogP) is 1.88. The molecule has 8 heteroatoms. The summed E-state index contributed by atoms with van der Waals surface area (Å²) in [7, 11) is 1.87. The van der Waals surface area contributed by atoms with Gasteiger partial charge in [0.2, 0.25) is 5.91 Å². The first-order valence-electron chi connectivity index (χ1n) is 6.95.